The zero-order chi connectivity index (χ0) is 14.5. The van der Waals surface area contributed by atoms with Crippen molar-refractivity contribution in [3.8, 4) is 0 Å². The second kappa shape index (κ2) is 6.16. The first-order chi connectivity index (χ1) is 9.63. The maximum absolute atomic E-state index is 12.2. The number of pyridine rings is 1. The number of para-hydroxylation sites is 1. The molecule has 1 aromatic carbocycles. The minimum absolute atomic E-state index is 0.273. The molecule has 6 heteroatoms. The number of benzene rings is 1. The Balaban J connectivity index is 2.32. The molecule has 0 atom stereocenters. The van der Waals surface area contributed by atoms with E-state index in [0.29, 0.717) is 22.5 Å². The van der Waals surface area contributed by atoms with Gasteiger partial charge in [-0.05, 0) is 19.1 Å². The maximum atomic E-state index is 12.2. The lowest BCUT2D eigenvalue weighted by molar-refractivity contribution is 0.102. The molecule has 0 bridgehead atoms. The lowest BCUT2D eigenvalue weighted by Crippen LogP contribution is -2.15. The number of halogens is 1. The normalized spacial score (nSPS) is 11.2. The molecule has 0 fully saturated rings. The minimum atomic E-state index is -0.351. The van der Waals surface area contributed by atoms with E-state index >= 15 is 0 Å². The largest absolute Gasteiger partial charge is 0.411 e. The van der Waals surface area contributed by atoms with E-state index in [1.807, 2.05) is 0 Å². The van der Waals surface area contributed by atoms with Crippen molar-refractivity contribution < 1.29 is 10.0 Å². The monoisotopic (exact) mass is 289 g/mol. The smallest absolute Gasteiger partial charge is 0.257 e. The Labute approximate surface area is 120 Å². The number of nitrogens with one attached hydrogen (secondary N) is 1. The number of oxime groups is 1. The number of carbonyl (C=O) groups is 1. The van der Waals surface area contributed by atoms with E-state index in [4.69, 9.17) is 16.8 Å². The van der Waals surface area contributed by atoms with Gasteiger partial charge in [0.05, 0.1) is 22.0 Å². The second-order valence-electron chi connectivity index (χ2n) is 4.04. The third-order valence-corrected chi connectivity index (χ3v) is 3.03. The highest BCUT2D eigenvalue weighted by atomic mass is 35.5. The Morgan fingerprint density at radius 1 is 1.30 bits per heavy atom. The second-order valence-corrected chi connectivity index (χ2v) is 4.45. The van der Waals surface area contributed by atoms with E-state index in [0.717, 1.165) is 0 Å². The van der Waals surface area contributed by atoms with Crippen LogP contribution in [-0.2, 0) is 0 Å². The number of aromatic nitrogens is 1. The van der Waals surface area contributed by atoms with E-state index in [1.54, 1.807) is 31.2 Å². The molecule has 2 rings (SSSR count). The van der Waals surface area contributed by atoms with Crippen LogP contribution in [0.5, 0.6) is 0 Å². The fraction of sp³-hybridized carbons (Fsp3) is 0.0714. The molecule has 0 spiro atoms. The highest BCUT2D eigenvalue weighted by Crippen LogP contribution is 2.19. The fourth-order valence-electron chi connectivity index (χ4n) is 1.71. The van der Waals surface area contributed by atoms with Crippen LogP contribution in [0.25, 0.3) is 0 Å². The molecule has 2 N–H and O–H groups in total. The minimum Gasteiger partial charge on any atom is -0.411 e. The third kappa shape index (κ3) is 2.95. The summed E-state index contributed by atoms with van der Waals surface area (Å²) in [7, 11) is 0. The van der Waals surface area contributed by atoms with Crippen LogP contribution in [-0.4, -0.2) is 21.8 Å². The molecule has 0 aliphatic heterocycles. The van der Waals surface area contributed by atoms with Crippen LogP contribution in [0.2, 0.25) is 5.02 Å². The molecule has 20 heavy (non-hydrogen) atoms. The van der Waals surface area contributed by atoms with Crippen LogP contribution in [0.15, 0.2) is 47.9 Å². The van der Waals surface area contributed by atoms with Gasteiger partial charge in [-0.1, -0.05) is 35.0 Å². The Hall–Kier alpha value is -2.40. The van der Waals surface area contributed by atoms with Crippen molar-refractivity contribution in [3.05, 3.63) is 58.9 Å². The van der Waals surface area contributed by atoms with Gasteiger partial charge in [0, 0.05) is 18.0 Å². The van der Waals surface area contributed by atoms with Gasteiger partial charge in [-0.25, -0.2) is 0 Å². The predicted molar refractivity (Wildman–Crippen MR) is 77.6 cm³/mol. The lowest BCUT2D eigenvalue weighted by atomic mass is 10.1. The van der Waals surface area contributed by atoms with Gasteiger partial charge in [0.15, 0.2) is 0 Å². The number of hydrogen-bond acceptors (Lipinski definition) is 4. The van der Waals surface area contributed by atoms with Gasteiger partial charge >= 0.3 is 0 Å². The fourth-order valence-corrected chi connectivity index (χ4v) is 1.92. The highest BCUT2D eigenvalue weighted by molar-refractivity contribution is 6.34. The van der Waals surface area contributed by atoms with E-state index in [2.05, 4.69) is 15.5 Å². The summed E-state index contributed by atoms with van der Waals surface area (Å²) >= 11 is 5.93. The lowest BCUT2D eigenvalue weighted by Gasteiger charge is -2.10. The molecule has 1 heterocycles. The van der Waals surface area contributed by atoms with E-state index in [-0.39, 0.29) is 10.9 Å². The topological polar surface area (TPSA) is 74.6 Å². The summed E-state index contributed by atoms with van der Waals surface area (Å²) < 4.78 is 0. The zero-order valence-electron chi connectivity index (χ0n) is 10.7. The van der Waals surface area contributed by atoms with Crippen LogP contribution >= 0.6 is 11.6 Å². The molecule has 1 aromatic heterocycles. The molecule has 0 aliphatic carbocycles. The third-order valence-electron chi connectivity index (χ3n) is 2.73. The van der Waals surface area contributed by atoms with E-state index < -0.39 is 0 Å². The Morgan fingerprint density at radius 3 is 2.75 bits per heavy atom. The van der Waals surface area contributed by atoms with Crippen molar-refractivity contribution in [3.63, 3.8) is 0 Å². The van der Waals surface area contributed by atoms with Crippen LogP contribution in [0, 0.1) is 0 Å². The average Bonchev–Trinajstić information content (AvgIpc) is 2.47. The van der Waals surface area contributed by atoms with Crippen LogP contribution < -0.4 is 5.32 Å². The van der Waals surface area contributed by atoms with Crippen molar-refractivity contribution in [2.45, 2.75) is 6.92 Å². The Kier molecular flexibility index (Phi) is 4.32. The summed E-state index contributed by atoms with van der Waals surface area (Å²) in [5, 5.41) is 15.0. The van der Waals surface area contributed by atoms with Crippen molar-refractivity contribution >= 4 is 28.9 Å². The van der Waals surface area contributed by atoms with Gasteiger partial charge in [0.1, 0.15) is 0 Å². The summed E-state index contributed by atoms with van der Waals surface area (Å²) in [5.74, 6) is -0.351. The quantitative estimate of drug-likeness (QED) is 0.518. The molecule has 102 valence electrons. The molecule has 1 amide bonds. The van der Waals surface area contributed by atoms with Gasteiger partial charge in [-0.2, -0.15) is 0 Å². The summed E-state index contributed by atoms with van der Waals surface area (Å²) in [5.41, 5.74) is 1.91. The molecule has 0 unspecified atom stereocenters. The highest BCUT2D eigenvalue weighted by Gasteiger charge is 2.13. The number of amides is 1. The van der Waals surface area contributed by atoms with E-state index in [9.17, 15) is 4.79 Å². The van der Waals surface area contributed by atoms with Crippen molar-refractivity contribution in [2.75, 3.05) is 5.32 Å². The Morgan fingerprint density at radius 2 is 2.05 bits per heavy atom. The summed E-state index contributed by atoms with van der Waals surface area (Å²) in [6.45, 7) is 1.64. The molecular weight excluding hydrogens is 278 g/mol. The molecule has 0 saturated carbocycles. The maximum Gasteiger partial charge on any atom is 0.257 e. The first-order valence-corrected chi connectivity index (χ1v) is 6.20. The van der Waals surface area contributed by atoms with Crippen molar-refractivity contribution in [1.82, 2.24) is 4.98 Å². The molecule has 5 nitrogen and oxygen atoms in total. The molecule has 0 saturated heterocycles. The standard InChI is InChI=1S/C14H12ClN3O2/c1-9(18-20)10-4-2-3-5-13(10)17-14(19)11-6-7-16-8-12(11)15/h2-8,20H,1H3,(H,17,19). The number of anilines is 1. The van der Waals surface area contributed by atoms with Gasteiger partial charge < -0.3 is 10.5 Å². The number of carbonyl (C=O) groups excluding carboxylic acids is 1. The summed E-state index contributed by atoms with van der Waals surface area (Å²) in [6, 6.07) is 8.57. The van der Waals surface area contributed by atoms with Crippen LogP contribution in [0.1, 0.15) is 22.8 Å². The van der Waals surface area contributed by atoms with Crippen molar-refractivity contribution in [2.24, 2.45) is 5.16 Å². The Bertz CT molecular complexity index is 671. The van der Waals surface area contributed by atoms with Gasteiger partial charge in [-0.15, -0.1) is 0 Å². The predicted octanol–water partition coefficient (Wildman–Crippen LogP) is 3.19. The van der Waals surface area contributed by atoms with Gasteiger partial charge in [-0.3, -0.25) is 9.78 Å². The first-order valence-electron chi connectivity index (χ1n) is 5.82. The molecule has 2 aromatic rings. The van der Waals surface area contributed by atoms with Gasteiger partial charge in [0.2, 0.25) is 0 Å². The first kappa shape index (κ1) is 14.0. The van der Waals surface area contributed by atoms with Crippen molar-refractivity contribution in [1.29, 1.82) is 0 Å². The number of nitrogens with zero attached hydrogens (tertiary/aromatic N) is 2. The molecular formula is C14H12ClN3O2. The van der Waals surface area contributed by atoms with Crippen LogP contribution in [0.4, 0.5) is 5.69 Å². The van der Waals surface area contributed by atoms with Crippen LogP contribution in [0.3, 0.4) is 0 Å². The summed E-state index contributed by atoms with van der Waals surface area (Å²) in [6.07, 6.45) is 2.90. The summed E-state index contributed by atoms with van der Waals surface area (Å²) in [4.78, 5) is 16.0. The molecule has 0 radical (unpaired) electrons. The average molecular weight is 290 g/mol. The number of rotatable bonds is 3. The number of hydrogen-bond donors (Lipinski definition) is 2. The zero-order valence-corrected chi connectivity index (χ0v) is 11.4. The van der Waals surface area contributed by atoms with E-state index in [1.165, 1.54) is 18.5 Å². The SMILES string of the molecule is CC(=NO)c1ccccc1NC(=O)c1ccncc1Cl. The van der Waals surface area contributed by atoms with Gasteiger partial charge in [0.25, 0.3) is 5.91 Å². The molecule has 0 aliphatic rings.